The number of alkyl halides is 3. The molecule has 1 aliphatic heterocycles. The van der Waals surface area contributed by atoms with E-state index >= 15 is 0 Å². The number of nitrogens with zero attached hydrogens (tertiary/aromatic N) is 3. The van der Waals surface area contributed by atoms with E-state index in [1.54, 1.807) is 0 Å². The van der Waals surface area contributed by atoms with Crippen molar-refractivity contribution in [2.75, 3.05) is 11.7 Å². The lowest BCUT2D eigenvalue weighted by atomic mass is 9.89. The number of anilines is 1. The fourth-order valence-electron chi connectivity index (χ4n) is 4.64. The van der Waals surface area contributed by atoms with Crippen molar-refractivity contribution in [2.45, 2.75) is 84.5 Å². The van der Waals surface area contributed by atoms with Gasteiger partial charge < -0.3 is 14.4 Å². The van der Waals surface area contributed by atoms with Crippen molar-refractivity contribution in [3.63, 3.8) is 0 Å². The van der Waals surface area contributed by atoms with Gasteiger partial charge in [-0.05, 0) is 68.3 Å². The predicted octanol–water partition coefficient (Wildman–Crippen LogP) is 7.60. The lowest BCUT2D eigenvalue weighted by molar-refractivity contribution is -0.148. The summed E-state index contributed by atoms with van der Waals surface area (Å²) in [6.07, 6.45) is 1.46. The third kappa shape index (κ3) is 6.78. The number of carboxylic acid groups (broad SMARTS) is 1. The van der Waals surface area contributed by atoms with Crippen molar-refractivity contribution in [2.24, 2.45) is 5.10 Å². The summed E-state index contributed by atoms with van der Waals surface area (Å²) in [4.78, 5) is 12.3. The molecular formula is C30H39F3N4O3. The number of nitrogens with one attached hydrogen (secondary N) is 1. The van der Waals surface area contributed by atoms with Crippen molar-refractivity contribution >= 4 is 28.3 Å². The summed E-state index contributed by atoms with van der Waals surface area (Å²) < 4.78 is 46.4. The minimum absolute atomic E-state index is 0.253. The maximum Gasteiger partial charge on any atom is 0.416 e. The highest BCUT2D eigenvalue weighted by Crippen LogP contribution is 2.34. The molecule has 0 spiro atoms. The number of hydrazine groups is 1. The molecule has 2 heterocycles. The number of halogens is 3. The molecule has 2 aromatic carbocycles. The van der Waals surface area contributed by atoms with Crippen molar-refractivity contribution in [3.8, 4) is 5.75 Å². The van der Waals surface area contributed by atoms with Crippen LogP contribution in [0.15, 0.2) is 59.8 Å². The van der Waals surface area contributed by atoms with E-state index in [0.717, 1.165) is 41.6 Å². The first-order valence-electron chi connectivity index (χ1n) is 13.8. The van der Waals surface area contributed by atoms with E-state index in [0.29, 0.717) is 24.3 Å². The molecule has 0 saturated carbocycles. The van der Waals surface area contributed by atoms with Crippen LogP contribution in [0.5, 0.6) is 5.75 Å². The molecule has 0 aliphatic carbocycles. The Morgan fingerprint density at radius 3 is 2.33 bits per heavy atom. The smallest absolute Gasteiger partial charge is 0.416 e. The number of carbonyl (C=O) groups is 1. The zero-order chi connectivity index (χ0) is 29.5. The van der Waals surface area contributed by atoms with Gasteiger partial charge in [-0.2, -0.15) is 23.4 Å². The molecule has 40 heavy (non-hydrogen) atoms. The van der Waals surface area contributed by atoms with Crippen LogP contribution >= 0.6 is 0 Å². The standard InChI is InChI=1S/C27H31F3N4O3.C3H8/c1-4-6-14-26(5-2,25(35)36)33-15-13-19-16-22(11-12-24(19)33)37-17-23-18(3)31-34(32-23)21-9-7-20(8-10-21)27(28,29)30;1-3-2/h7-13,15-16,23,32H,4-6,14,17H2,1-3H3,(H,35,36);3H2,1-2H3. The number of fused-ring (bicyclic) bond motifs is 1. The molecule has 218 valence electrons. The van der Waals surface area contributed by atoms with Gasteiger partial charge in [0.1, 0.15) is 23.9 Å². The second-order valence-electron chi connectivity index (χ2n) is 10.00. The van der Waals surface area contributed by atoms with E-state index in [1.165, 1.54) is 23.7 Å². The van der Waals surface area contributed by atoms with E-state index < -0.39 is 23.2 Å². The number of ether oxygens (including phenoxy) is 1. The zero-order valence-corrected chi connectivity index (χ0v) is 23.8. The summed E-state index contributed by atoms with van der Waals surface area (Å²) in [6, 6.07) is 12.0. The lowest BCUT2D eigenvalue weighted by Gasteiger charge is -2.31. The predicted molar refractivity (Wildman–Crippen MR) is 153 cm³/mol. The highest BCUT2D eigenvalue weighted by Gasteiger charge is 2.38. The minimum Gasteiger partial charge on any atom is -0.491 e. The van der Waals surface area contributed by atoms with Gasteiger partial charge in [0.15, 0.2) is 0 Å². The van der Waals surface area contributed by atoms with E-state index in [1.807, 2.05) is 55.8 Å². The third-order valence-electron chi connectivity index (χ3n) is 6.95. The SMILES string of the molecule is CCC.CCCCC(CC)(C(=O)O)n1ccc2cc(OCC3NN(c4ccc(C(F)(F)F)cc4)N=C3C)ccc21. The highest BCUT2D eigenvalue weighted by molar-refractivity contribution is 5.90. The summed E-state index contributed by atoms with van der Waals surface area (Å²) in [6.45, 7) is 10.3. The van der Waals surface area contributed by atoms with E-state index in [2.05, 4.69) is 24.4 Å². The van der Waals surface area contributed by atoms with Crippen molar-refractivity contribution in [3.05, 3.63) is 60.3 Å². The number of unbranched alkanes of at least 4 members (excludes halogenated alkanes) is 1. The summed E-state index contributed by atoms with van der Waals surface area (Å²) >= 11 is 0. The van der Waals surface area contributed by atoms with E-state index in [9.17, 15) is 23.1 Å². The third-order valence-corrected chi connectivity index (χ3v) is 6.95. The maximum absolute atomic E-state index is 12.8. The first kappa shape index (κ1) is 31.0. The number of hydrazone groups is 1. The van der Waals surface area contributed by atoms with Gasteiger partial charge >= 0.3 is 12.1 Å². The summed E-state index contributed by atoms with van der Waals surface area (Å²) in [5.74, 6) is -0.209. The highest BCUT2D eigenvalue weighted by atomic mass is 19.4. The first-order chi connectivity index (χ1) is 19.0. The minimum atomic E-state index is -4.39. The van der Waals surface area contributed by atoms with Gasteiger partial charge in [0.05, 0.1) is 17.0 Å². The molecule has 0 amide bonds. The van der Waals surface area contributed by atoms with Gasteiger partial charge in [0.2, 0.25) is 0 Å². The summed E-state index contributed by atoms with van der Waals surface area (Å²) in [5.41, 5.74) is 3.48. The Balaban J connectivity index is 0.00000141. The van der Waals surface area contributed by atoms with Crippen molar-refractivity contribution in [1.29, 1.82) is 0 Å². The van der Waals surface area contributed by atoms with Crippen LogP contribution in [-0.4, -0.2) is 34.0 Å². The maximum atomic E-state index is 12.8. The second-order valence-corrected chi connectivity index (χ2v) is 10.00. The van der Waals surface area contributed by atoms with Crippen LogP contribution in [0.3, 0.4) is 0 Å². The Bertz CT molecular complexity index is 1300. The topological polar surface area (TPSA) is 79.1 Å². The number of hydrogen-bond acceptors (Lipinski definition) is 5. The fourth-order valence-corrected chi connectivity index (χ4v) is 4.64. The number of hydrogen-bond donors (Lipinski definition) is 2. The molecule has 2 unspecified atom stereocenters. The van der Waals surface area contributed by atoms with Gasteiger partial charge in [0, 0.05) is 17.1 Å². The molecule has 0 radical (unpaired) electrons. The van der Waals surface area contributed by atoms with Gasteiger partial charge in [-0.3, -0.25) is 0 Å². The normalized spacial score (nSPS) is 16.8. The van der Waals surface area contributed by atoms with Crippen LogP contribution in [0.1, 0.15) is 72.3 Å². The number of rotatable bonds is 10. The number of aliphatic carboxylic acids is 1. The molecule has 3 aromatic rings. The number of benzene rings is 2. The Morgan fingerprint density at radius 1 is 1.07 bits per heavy atom. The van der Waals surface area contributed by atoms with Crippen LogP contribution in [0, 0.1) is 0 Å². The van der Waals surface area contributed by atoms with Crippen LogP contribution in [0.2, 0.25) is 0 Å². The van der Waals surface area contributed by atoms with Gasteiger partial charge in [-0.25, -0.2) is 10.2 Å². The van der Waals surface area contributed by atoms with Gasteiger partial charge in [0.25, 0.3) is 0 Å². The fraction of sp³-hybridized carbons (Fsp3) is 0.467. The molecule has 0 bridgehead atoms. The lowest BCUT2D eigenvalue weighted by Crippen LogP contribution is -2.41. The van der Waals surface area contributed by atoms with Crippen LogP contribution in [0.25, 0.3) is 10.9 Å². The Labute approximate surface area is 233 Å². The molecular weight excluding hydrogens is 521 g/mol. The first-order valence-corrected chi connectivity index (χ1v) is 13.8. The average molecular weight is 561 g/mol. The molecule has 4 rings (SSSR count). The van der Waals surface area contributed by atoms with E-state index in [-0.39, 0.29) is 12.6 Å². The molecule has 1 aromatic heterocycles. The quantitative estimate of drug-likeness (QED) is 0.267. The largest absolute Gasteiger partial charge is 0.491 e. The monoisotopic (exact) mass is 560 g/mol. The zero-order valence-electron chi connectivity index (χ0n) is 23.8. The Hall–Kier alpha value is -3.53. The molecule has 0 fully saturated rings. The van der Waals surface area contributed by atoms with E-state index in [4.69, 9.17) is 4.74 Å². The number of aromatic nitrogens is 1. The Kier molecular flexibility index (Phi) is 10.2. The summed E-state index contributed by atoms with van der Waals surface area (Å²) in [5, 5.41) is 16.8. The molecule has 10 heteroatoms. The number of carboxylic acids is 1. The summed E-state index contributed by atoms with van der Waals surface area (Å²) in [7, 11) is 0. The van der Waals surface area contributed by atoms with Gasteiger partial charge in [-0.1, -0.05) is 47.0 Å². The van der Waals surface area contributed by atoms with Gasteiger partial charge in [-0.15, -0.1) is 0 Å². The molecule has 2 N–H and O–H groups in total. The Morgan fingerprint density at radius 2 is 1.75 bits per heavy atom. The van der Waals surface area contributed by atoms with Crippen LogP contribution < -0.4 is 15.3 Å². The molecule has 0 saturated heterocycles. The van der Waals surface area contributed by atoms with Crippen LogP contribution in [-0.2, 0) is 16.5 Å². The van der Waals surface area contributed by atoms with Crippen LogP contribution in [0.4, 0.5) is 18.9 Å². The van der Waals surface area contributed by atoms with Crippen molar-refractivity contribution < 1.29 is 27.8 Å². The molecule has 7 nitrogen and oxygen atoms in total. The molecule has 1 aliphatic rings. The average Bonchev–Trinajstić information content (AvgIpc) is 3.51. The second kappa shape index (κ2) is 13.2. The van der Waals surface area contributed by atoms with Crippen molar-refractivity contribution in [1.82, 2.24) is 9.99 Å². The molecule has 2 atom stereocenters.